The number of carbonyl (C=O) groups is 1. The van der Waals surface area contributed by atoms with Crippen LogP contribution in [0.4, 0.5) is 0 Å². The molecule has 0 aromatic heterocycles. The van der Waals surface area contributed by atoms with Gasteiger partial charge in [-0.25, -0.2) is 0 Å². The molecule has 0 rings (SSSR count). The number of ether oxygens (including phenoxy) is 1. The zero-order valence-electron chi connectivity index (χ0n) is 6.59. The quantitative estimate of drug-likeness (QED) is 0.516. The highest BCUT2D eigenvalue weighted by atomic mass is 16.5. The van der Waals surface area contributed by atoms with Gasteiger partial charge in [-0.1, -0.05) is 0 Å². The minimum atomic E-state index is -0.245. The number of hydrogen-bond donors (Lipinski definition) is 2. The van der Waals surface area contributed by atoms with Crippen LogP contribution in [-0.4, -0.2) is 26.2 Å². The van der Waals surface area contributed by atoms with Crippen molar-refractivity contribution in [3.63, 3.8) is 0 Å². The van der Waals surface area contributed by atoms with Crippen LogP contribution >= 0.6 is 0 Å². The van der Waals surface area contributed by atoms with Crippen LogP contribution in [0, 0.1) is 0 Å². The van der Waals surface area contributed by atoms with Crippen molar-refractivity contribution in [2.45, 2.75) is 13.3 Å². The number of hydrogen-bond acceptors (Lipinski definition) is 4. The van der Waals surface area contributed by atoms with E-state index in [-0.39, 0.29) is 5.97 Å². The van der Waals surface area contributed by atoms with Crippen LogP contribution in [0.25, 0.3) is 0 Å². The van der Waals surface area contributed by atoms with Crippen LogP contribution in [0.2, 0.25) is 0 Å². The van der Waals surface area contributed by atoms with Gasteiger partial charge in [0, 0.05) is 6.92 Å². The normalized spacial score (nSPS) is 7.60. The van der Waals surface area contributed by atoms with E-state index in [9.17, 15) is 4.79 Å². The molecule has 0 saturated heterocycles. The van der Waals surface area contributed by atoms with Gasteiger partial charge in [0.05, 0.1) is 7.11 Å². The second-order valence-electron chi connectivity index (χ2n) is 1.63. The molecule has 0 unspecified atom stereocenters. The Hall–Kier alpha value is -0.610. The van der Waals surface area contributed by atoms with E-state index in [2.05, 4.69) is 4.74 Å². The summed E-state index contributed by atoms with van der Waals surface area (Å²) in [6.07, 6.45) is 0.944. The third kappa shape index (κ3) is 26.3. The SMILES string of the molecule is COC(C)=O.NCCCN. The van der Waals surface area contributed by atoms with E-state index < -0.39 is 0 Å². The Morgan fingerprint density at radius 2 is 1.70 bits per heavy atom. The molecule has 0 aromatic rings. The van der Waals surface area contributed by atoms with Crippen LogP contribution < -0.4 is 11.5 Å². The highest BCUT2D eigenvalue weighted by Crippen LogP contribution is 1.60. The van der Waals surface area contributed by atoms with Crippen molar-refractivity contribution in [3.8, 4) is 0 Å². The minimum absolute atomic E-state index is 0.245. The predicted octanol–water partition coefficient (Wildman–Crippen LogP) is -0.527. The second-order valence-corrected chi connectivity index (χ2v) is 1.63. The Kier molecular flexibility index (Phi) is 13.6. The molecule has 0 amide bonds. The highest BCUT2D eigenvalue weighted by molar-refractivity contribution is 5.65. The Morgan fingerprint density at radius 3 is 1.70 bits per heavy atom. The topological polar surface area (TPSA) is 78.3 Å². The number of nitrogens with two attached hydrogens (primary N) is 2. The molecule has 0 heterocycles. The predicted molar refractivity (Wildman–Crippen MR) is 40.4 cm³/mol. The van der Waals surface area contributed by atoms with E-state index in [4.69, 9.17) is 11.5 Å². The summed E-state index contributed by atoms with van der Waals surface area (Å²) in [6, 6.07) is 0. The van der Waals surface area contributed by atoms with Gasteiger partial charge in [0.15, 0.2) is 0 Å². The third-order valence-electron chi connectivity index (χ3n) is 0.696. The fourth-order valence-corrected chi connectivity index (χ4v) is 0.118. The lowest BCUT2D eigenvalue weighted by Gasteiger charge is -1.81. The average Bonchev–Trinajstić information content (AvgIpc) is 1.91. The summed E-state index contributed by atoms with van der Waals surface area (Å²) in [5.41, 5.74) is 10.1. The Bertz CT molecular complexity index is 74.1. The number of esters is 1. The lowest BCUT2D eigenvalue weighted by molar-refractivity contribution is -0.137. The van der Waals surface area contributed by atoms with E-state index in [1.807, 2.05) is 0 Å². The maximum absolute atomic E-state index is 9.59. The van der Waals surface area contributed by atoms with Gasteiger partial charge in [0.2, 0.25) is 0 Å². The maximum Gasteiger partial charge on any atom is 0.302 e. The van der Waals surface area contributed by atoms with Gasteiger partial charge in [-0.05, 0) is 19.5 Å². The Morgan fingerprint density at radius 1 is 1.40 bits per heavy atom. The molecule has 62 valence electrons. The van der Waals surface area contributed by atoms with Crippen molar-refractivity contribution >= 4 is 5.97 Å². The summed E-state index contributed by atoms with van der Waals surface area (Å²) in [5, 5.41) is 0. The lowest BCUT2D eigenvalue weighted by atomic mass is 10.4. The van der Waals surface area contributed by atoms with Gasteiger partial charge in [-0.3, -0.25) is 4.79 Å². The van der Waals surface area contributed by atoms with Crippen LogP contribution in [-0.2, 0) is 9.53 Å². The Balaban J connectivity index is 0. The first-order valence-electron chi connectivity index (χ1n) is 3.13. The van der Waals surface area contributed by atoms with E-state index in [0.29, 0.717) is 0 Å². The molecule has 4 N–H and O–H groups in total. The van der Waals surface area contributed by atoms with Crippen LogP contribution in [0.1, 0.15) is 13.3 Å². The molecular formula is C6H16N2O2. The monoisotopic (exact) mass is 148 g/mol. The molecule has 0 aromatic carbocycles. The summed E-state index contributed by atoms with van der Waals surface area (Å²) < 4.78 is 4.11. The lowest BCUT2D eigenvalue weighted by Crippen LogP contribution is -2.06. The van der Waals surface area contributed by atoms with E-state index in [0.717, 1.165) is 19.5 Å². The van der Waals surface area contributed by atoms with E-state index >= 15 is 0 Å². The van der Waals surface area contributed by atoms with Gasteiger partial charge < -0.3 is 16.2 Å². The molecular weight excluding hydrogens is 132 g/mol. The summed E-state index contributed by atoms with van der Waals surface area (Å²) in [5.74, 6) is -0.245. The van der Waals surface area contributed by atoms with Crippen molar-refractivity contribution in [2.24, 2.45) is 11.5 Å². The highest BCUT2D eigenvalue weighted by Gasteiger charge is 1.75. The van der Waals surface area contributed by atoms with Gasteiger partial charge in [-0.2, -0.15) is 0 Å². The molecule has 0 aliphatic heterocycles. The Labute approximate surface area is 61.5 Å². The number of rotatable bonds is 2. The molecule has 0 aliphatic carbocycles. The summed E-state index contributed by atoms with van der Waals surface area (Å²) in [4.78, 5) is 9.59. The van der Waals surface area contributed by atoms with Gasteiger partial charge in [0.25, 0.3) is 0 Å². The molecule has 4 nitrogen and oxygen atoms in total. The smallest absolute Gasteiger partial charge is 0.302 e. The number of methoxy groups -OCH3 is 1. The van der Waals surface area contributed by atoms with Crippen molar-refractivity contribution in [1.29, 1.82) is 0 Å². The molecule has 0 saturated carbocycles. The van der Waals surface area contributed by atoms with Crippen LogP contribution in [0.3, 0.4) is 0 Å². The summed E-state index contributed by atoms with van der Waals surface area (Å²) >= 11 is 0. The molecule has 0 bridgehead atoms. The van der Waals surface area contributed by atoms with Crippen molar-refractivity contribution in [1.82, 2.24) is 0 Å². The van der Waals surface area contributed by atoms with Crippen molar-refractivity contribution < 1.29 is 9.53 Å². The van der Waals surface area contributed by atoms with E-state index in [1.165, 1.54) is 14.0 Å². The maximum atomic E-state index is 9.59. The molecule has 0 aliphatic rings. The zero-order chi connectivity index (χ0) is 8.41. The first-order chi connectivity index (χ1) is 4.68. The standard InChI is InChI=1S/C3H10N2.C3H6O2/c4-2-1-3-5;1-3(4)5-2/h1-5H2;1-2H3. The van der Waals surface area contributed by atoms with Gasteiger partial charge >= 0.3 is 5.97 Å². The molecule has 0 spiro atoms. The zero-order valence-corrected chi connectivity index (χ0v) is 6.59. The summed E-state index contributed by atoms with van der Waals surface area (Å²) in [7, 11) is 1.35. The molecule has 0 radical (unpaired) electrons. The molecule has 0 atom stereocenters. The molecule has 10 heavy (non-hydrogen) atoms. The minimum Gasteiger partial charge on any atom is -0.469 e. The molecule has 0 fully saturated rings. The van der Waals surface area contributed by atoms with Crippen LogP contribution in [0.15, 0.2) is 0 Å². The first kappa shape index (κ1) is 12.1. The largest absolute Gasteiger partial charge is 0.469 e. The van der Waals surface area contributed by atoms with Gasteiger partial charge in [0.1, 0.15) is 0 Å². The number of carbonyl (C=O) groups excluding carboxylic acids is 1. The van der Waals surface area contributed by atoms with Gasteiger partial charge in [-0.15, -0.1) is 0 Å². The average molecular weight is 148 g/mol. The second kappa shape index (κ2) is 11.2. The van der Waals surface area contributed by atoms with Crippen molar-refractivity contribution in [2.75, 3.05) is 20.2 Å². The van der Waals surface area contributed by atoms with E-state index in [1.54, 1.807) is 0 Å². The van der Waals surface area contributed by atoms with Crippen LogP contribution in [0.5, 0.6) is 0 Å². The third-order valence-corrected chi connectivity index (χ3v) is 0.696. The van der Waals surface area contributed by atoms with Crippen molar-refractivity contribution in [3.05, 3.63) is 0 Å². The fourth-order valence-electron chi connectivity index (χ4n) is 0.118. The summed E-state index contributed by atoms with van der Waals surface area (Å²) in [6.45, 7) is 2.80. The fraction of sp³-hybridized carbons (Fsp3) is 0.833. The molecule has 4 heteroatoms. The first-order valence-corrected chi connectivity index (χ1v) is 3.13.